The Morgan fingerprint density at radius 3 is 2.59 bits per heavy atom. The second kappa shape index (κ2) is 8.34. The molecule has 0 aromatic heterocycles. The van der Waals surface area contributed by atoms with E-state index in [-0.39, 0.29) is 24.3 Å². The number of aliphatic hydroxyl groups is 1. The maximum absolute atomic E-state index is 9.64. The van der Waals surface area contributed by atoms with Gasteiger partial charge in [-0.25, -0.2) is 0 Å². The highest BCUT2D eigenvalue weighted by Crippen LogP contribution is 2.10. The van der Waals surface area contributed by atoms with Gasteiger partial charge >= 0.3 is 0 Å². The van der Waals surface area contributed by atoms with E-state index in [4.69, 9.17) is 0 Å². The van der Waals surface area contributed by atoms with Gasteiger partial charge in [-0.1, -0.05) is 26.0 Å². The Kier molecular flexibility index (Phi) is 7.96. The SMILES string of the molecule is CC(C)CC(O)CNCc1cccc(O)c1.Cl. The zero-order chi connectivity index (χ0) is 12.0. The van der Waals surface area contributed by atoms with Crippen LogP contribution in [-0.2, 0) is 6.54 Å². The topological polar surface area (TPSA) is 52.5 Å². The zero-order valence-corrected chi connectivity index (χ0v) is 11.2. The Labute approximate surface area is 109 Å². The van der Waals surface area contributed by atoms with Gasteiger partial charge in [-0.2, -0.15) is 0 Å². The van der Waals surface area contributed by atoms with Crippen molar-refractivity contribution in [1.29, 1.82) is 0 Å². The number of nitrogens with one attached hydrogen (secondary N) is 1. The van der Waals surface area contributed by atoms with Gasteiger partial charge in [-0.3, -0.25) is 0 Å². The Bertz CT molecular complexity index is 318. The predicted octanol–water partition coefficient (Wildman–Crippen LogP) is 2.31. The van der Waals surface area contributed by atoms with Crippen LogP contribution in [0.3, 0.4) is 0 Å². The summed E-state index contributed by atoms with van der Waals surface area (Å²) in [6.07, 6.45) is 0.518. The van der Waals surface area contributed by atoms with Gasteiger partial charge in [-0.15, -0.1) is 12.4 Å². The molecule has 0 radical (unpaired) electrons. The first-order valence-electron chi connectivity index (χ1n) is 5.74. The maximum atomic E-state index is 9.64. The summed E-state index contributed by atoms with van der Waals surface area (Å²) in [5.41, 5.74) is 1.02. The van der Waals surface area contributed by atoms with Gasteiger partial charge in [0.1, 0.15) is 5.75 Å². The van der Waals surface area contributed by atoms with Gasteiger partial charge in [0.05, 0.1) is 6.10 Å². The smallest absolute Gasteiger partial charge is 0.115 e. The van der Waals surface area contributed by atoms with Crippen LogP contribution in [0.15, 0.2) is 24.3 Å². The summed E-state index contributed by atoms with van der Waals surface area (Å²) >= 11 is 0. The van der Waals surface area contributed by atoms with Crippen molar-refractivity contribution >= 4 is 12.4 Å². The summed E-state index contributed by atoms with van der Waals surface area (Å²) in [5, 5.41) is 22.1. The fourth-order valence-corrected chi connectivity index (χ4v) is 1.68. The van der Waals surface area contributed by atoms with Crippen molar-refractivity contribution in [2.45, 2.75) is 32.9 Å². The number of phenols is 1. The molecule has 98 valence electrons. The number of halogens is 1. The largest absolute Gasteiger partial charge is 0.508 e. The molecule has 0 aliphatic heterocycles. The first kappa shape index (κ1) is 16.2. The van der Waals surface area contributed by atoms with E-state index in [1.54, 1.807) is 12.1 Å². The van der Waals surface area contributed by atoms with Crippen molar-refractivity contribution in [1.82, 2.24) is 5.32 Å². The number of aliphatic hydroxyl groups excluding tert-OH is 1. The number of aromatic hydroxyl groups is 1. The van der Waals surface area contributed by atoms with Crippen molar-refractivity contribution < 1.29 is 10.2 Å². The molecule has 17 heavy (non-hydrogen) atoms. The Balaban J connectivity index is 0.00000256. The molecule has 3 nitrogen and oxygen atoms in total. The van der Waals surface area contributed by atoms with E-state index >= 15 is 0 Å². The molecule has 0 saturated carbocycles. The molecule has 0 spiro atoms. The summed E-state index contributed by atoms with van der Waals surface area (Å²) in [4.78, 5) is 0. The monoisotopic (exact) mass is 259 g/mol. The number of benzene rings is 1. The van der Waals surface area contributed by atoms with E-state index in [1.165, 1.54) is 0 Å². The average Bonchev–Trinajstić information content (AvgIpc) is 2.16. The molecule has 1 rings (SSSR count). The molecular formula is C13H22ClNO2. The predicted molar refractivity (Wildman–Crippen MR) is 72.5 cm³/mol. The lowest BCUT2D eigenvalue weighted by Gasteiger charge is -2.13. The van der Waals surface area contributed by atoms with Crippen LogP contribution in [0.1, 0.15) is 25.8 Å². The molecule has 1 unspecified atom stereocenters. The third-order valence-corrected chi connectivity index (χ3v) is 2.36. The van der Waals surface area contributed by atoms with Gasteiger partial charge in [0, 0.05) is 13.1 Å². The first-order chi connectivity index (χ1) is 7.58. The van der Waals surface area contributed by atoms with Crippen molar-refractivity contribution in [3.8, 4) is 5.75 Å². The minimum absolute atomic E-state index is 0. The van der Waals surface area contributed by atoms with Crippen LogP contribution in [0, 0.1) is 5.92 Å². The second-order valence-electron chi connectivity index (χ2n) is 4.58. The fourth-order valence-electron chi connectivity index (χ4n) is 1.68. The quantitative estimate of drug-likeness (QED) is 0.735. The summed E-state index contributed by atoms with van der Waals surface area (Å²) in [7, 11) is 0. The van der Waals surface area contributed by atoms with Gasteiger partial charge in [0.15, 0.2) is 0 Å². The van der Waals surface area contributed by atoms with E-state index < -0.39 is 0 Å². The van der Waals surface area contributed by atoms with Gasteiger partial charge in [-0.05, 0) is 30.0 Å². The van der Waals surface area contributed by atoms with Crippen LogP contribution in [0.4, 0.5) is 0 Å². The van der Waals surface area contributed by atoms with Crippen molar-refractivity contribution in [2.75, 3.05) is 6.54 Å². The molecule has 0 aliphatic rings. The molecule has 0 bridgehead atoms. The van der Waals surface area contributed by atoms with Crippen LogP contribution in [-0.4, -0.2) is 22.9 Å². The average molecular weight is 260 g/mol. The van der Waals surface area contributed by atoms with Gasteiger partial charge in [0.2, 0.25) is 0 Å². The third kappa shape index (κ3) is 7.21. The zero-order valence-electron chi connectivity index (χ0n) is 10.4. The van der Waals surface area contributed by atoms with Crippen molar-refractivity contribution in [3.05, 3.63) is 29.8 Å². The lowest BCUT2D eigenvalue weighted by molar-refractivity contribution is 0.146. The highest BCUT2D eigenvalue weighted by atomic mass is 35.5. The van der Waals surface area contributed by atoms with Crippen molar-refractivity contribution in [2.24, 2.45) is 5.92 Å². The Morgan fingerprint density at radius 2 is 2.00 bits per heavy atom. The summed E-state index contributed by atoms with van der Waals surface area (Å²) in [5.74, 6) is 0.791. The summed E-state index contributed by atoms with van der Waals surface area (Å²) in [6, 6.07) is 7.14. The highest BCUT2D eigenvalue weighted by molar-refractivity contribution is 5.85. The minimum Gasteiger partial charge on any atom is -0.508 e. The summed E-state index contributed by atoms with van der Waals surface area (Å²) in [6.45, 7) is 5.45. The van der Waals surface area contributed by atoms with Gasteiger partial charge < -0.3 is 15.5 Å². The summed E-state index contributed by atoms with van der Waals surface area (Å²) < 4.78 is 0. The molecule has 1 aromatic rings. The van der Waals surface area contributed by atoms with Gasteiger partial charge in [0.25, 0.3) is 0 Å². The molecule has 0 aliphatic carbocycles. The number of hydrogen-bond donors (Lipinski definition) is 3. The van der Waals surface area contributed by atoms with E-state index in [2.05, 4.69) is 19.2 Å². The molecule has 4 heteroatoms. The molecular weight excluding hydrogens is 238 g/mol. The molecule has 1 atom stereocenters. The maximum Gasteiger partial charge on any atom is 0.115 e. The van der Waals surface area contributed by atoms with Crippen LogP contribution in [0.5, 0.6) is 5.75 Å². The van der Waals surface area contributed by atoms with E-state index in [1.807, 2.05) is 12.1 Å². The van der Waals surface area contributed by atoms with Crippen molar-refractivity contribution in [3.63, 3.8) is 0 Å². The lowest BCUT2D eigenvalue weighted by Crippen LogP contribution is -2.27. The fraction of sp³-hybridized carbons (Fsp3) is 0.538. The normalized spacial score (nSPS) is 12.2. The van der Waals surface area contributed by atoms with E-state index in [9.17, 15) is 10.2 Å². The standard InChI is InChI=1S/C13H21NO2.ClH/c1-10(2)6-13(16)9-14-8-11-4-3-5-12(15)7-11;/h3-5,7,10,13-16H,6,8-9H2,1-2H3;1H. The number of hydrogen-bond acceptors (Lipinski definition) is 3. The molecule has 0 saturated heterocycles. The minimum atomic E-state index is -0.294. The molecule has 3 N–H and O–H groups in total. The van der Waals surface area contributed by atoms with Crippen LogP contribution in [0.25, 0.3) is 0 Å². The Morgan fingerprint density at radius 1 is 1.29 bits per heavy atom. The second-order valence-corrected chi connectivity index (χ2v) is 4.58. The number of phenolic OH excluding ortho intramolecular Hbond substituents is 1. The van der Waals surface area contributed by atoms with Crippen LogP contribution >= 0.6 is 12.4 Å². The van der Waals surface area contributed by atoms with Crippen LogP contribution in [0.2, 0.25) is 0 Å². The molecule has 0 heterocycles. The third-order valence-electron chi connectivity index (χ3n) is 2.36. The molecule has 0 amide bonds. The highest BCUT2D eigenvalue weighted by Gasteiger charge is 2.05. The number of rotatable bonds is 6. The van der Waals surface area contributed by atoms with Crippen LogP contribution < -0.4 is 5.32 Å². The van der Waals surface area contributed by atoms with E-state index in [0.717, 1.165) is 12.0 Å². The molecule has 1 aromatic carbocycles. The first-order valence-corrected chi connectivity index (χ1v) is 5.74. The Hall–Kier alpha value is -0.770. The molecule has 0 fully saturated rings. The lowest BCUT2D eigenvalue weighted by atomic mass is 10.1. The van der Waals surface area contributed by atoms with E-state index in [0.29, 0.717) is 19.0 Å².